The summed E-state index contributed by atoms with van der Waals surface area (Å²) in [5, 5.41) is 13.9. The van der Waals surface area contributed by atoms with Crippen LogP contribution in [0.5, 0.6) is 0 Å². The van der Waals surface area contributed by atoms with Gasteiger partial charge in [-0.2, -0.15) is 5.26 Å². The number of thioether (sulfide) groups is 1. The fourth-order valence-electron chi connectivity index (χ4n) is 2.33. The molecule has 1 aliphatic carbocycles. The highest BCUT2D eigenvalue weighted by Gasteiger charge is 2.39. The Kier molecular flexibility index (Phi) is 4.20. The van der Waals surface area contributed by atoms with Gasteiger partial charge in [0.05, 0.1) is 6.07 Å². The van der Waals surface area contributed by atoms with Crippen molar-refractivity contribution in [3.63, 3.8) is 0 Å². The van der Waals surface area contributed by atoms with E-state index in [0.29, 0.717) is 5.25 Å². The minimum absolute atomic E-state index is 0.336. The Bertz CT molecular complexity index is 439. The average molecular weight is 262 g/mol. The second-order valence-electron chi connectivity index (χ2n) is 4.75. The lowest BCUT2D eigenvalue weighted by molar-refractivity contribution is 0.436. The normalized spacial score (nSPS) is 27.1. The average Bonchev–Trinajstić information content (AvgIpc) is 2.77. The second kappa shape index (κ2) is 5.68. The lowest BCUT2D eigenvalue weighted by Gasteiger charge is -2.21. The van der Waals surface area contributed by atoms with Crippen LogP contribution in [0.2, 0.25) is 0 Å². The maximum absolute atomic E-state index is 9.31. The fourth-order valence-corrected chi connectivity index (χ4v) is 3.46. The molecule has 1 aromatic heterocycles. The van der Waals surface area contributed by atoms with Gasteiger partial charge in [0.2, 0.25) is 0 Å². The number of nitrogens with zero attached hydrogens (tertiary/aromatic N) is 3. The van der Waals surface area contributed by atoms with Gasteiger partial charge in [0.1, 0.15) is 5.54 Å². The zero-order valence-corrected chi connectivity index (χ0v) is 11.6. The zero-order valence-electron chi connectivity index (χ0n) is 10.8. The summed E-state index contributed by atoms with van der Waals surface area (Å²) in [5.74, 6) is 0. The maximum Gasteiger partial charge on any atom is 0.187 e. The van der Waals surface area contributed by atoms with Gasteiger partial charge in [0.25, 0.3) is 0 Å². The predicted octanol–water partition coefficient (Wildman–Crippen LogP) is 2.30. The van der Waals surface area contributed by atoms with E-state index in [0.717, 1.165) is 36.5 Å². The highest BCUT2D eigenvalue weighted by molar-refractivity contribution is 7.99. The van der Waals surface area contributed by atoms with Crippen molar-refractivity contribution in [2.24, 2.45) is 0 Å². The molecule has 1 saturated carbocycles. The monoisotopic (exact) mass is 262 g/mol. The Morgan fingerprint density at radius 1 is 1.56 bits per heavy atom. The van der Waals surface area contributed by atoms with Gasteiger partial charge >= 0.3 is 0 Å². The van der Waals surface area contributed by atoms with Crippen LogP contribution in [-0.4, -0.2) is 27.3 Å². The first-order chi connectivity index (χ1) is 8.67. The van der Waals surface area contributed by atoms with Crippen molar-refractivity contribution >= 4 is 11.8 Å². The summed E-state index contributed by atoms with van der Waals surface area (Å²) in [4.78, 5) is 8.62. The summed E-state index contributed by atoms with van der Waals surface area (Å²) < 4.78 is 0. The third kappa shape index (κ3) is 3.01. The Hall–Kier alpha value is -1.12. The Morgan fingerprint density at radius 2 is 2.28 bits per heavy atom. The van der Waals surface area contributed by atoms with Gasteiger partial charge < -0.3 is 0 Å². The molecule has 5 heteroatoms. The summed E-state index contributed by atoms with van der Waals surface area (Å²) in [5.41, 5.74) is 0.738. The van der Waals surface area contributed by atoms with E-state index in [2.05, 4.69) is 21.4 Å². The molecule has 1 fully saturated rings. The van der Waals surface area contributed by atoms with Crippen LogP contribution in [0.4, 0.5) is 0 Å². The molecule has 96 valence electrons. The van der Waals surface area contributed by atoms with Crippen molar-refractivity contribution < 1.29 is 0 Å². The van der Waals surface area contributed by atoms with Gasteiger partial charge in [-0.3, -0.25) is 5.32 Å². The zero-order chi connectivity index (χ0) is 13.0. The molecule has 0 radical (unpaired) electrons. The lowest BCUT2D eigenvalue weighted by atomic mass is 10.0. The molecule has 1 N–H and O–H groups in total. The number of aryl methyl sites for hydroxylation is 1. The molecule has 1 aromatic rings. The summed E-state index contributed by atoms with van der Waals surface area (Å²) in [7, 11) is 0. The van der Waals surface area contributed by atoms with E-state index < -0.39 is 0 Å². The first kappa shape index (κ1) is 13.3. The molecule has 2 atom stereocenters. The molecule has 4 nitrogen and oxygen atoms in total. The van der Waals surface area contributed by atoms with Crippen molar-refractivity contribution in [3.8, 4) is 6.07 Å². The highest BCUT2D eigenvalue weighted by atomic mass is 32.2. The van der Waals surface area contributed by atoms with Crippen LogP contribution in [0.1, 0.15) is 31.7 Å². The van der Waals surface area contributed by atoms with Crippen molar-refractivity contribution in [2.75, 3.05) is 6.54 Å². The Balaban J connectivity index is 1.97. The van der Waals surface area contributed by atoms with Gasteiger partial charge in [-0.05, 0) is 38.3 Å². The largest absolute Gasteiger partial charge is 0.300 e. The number of nitrogens with one attached hydrogen (secondary N) is 1. The van der Waals surface area contributed by atoms with Crippen molar-refractivity contribution in [3.05, 3.63) is 18.0 Å². The van der Waals surface area contributed by atoms with Crippen LogP contribution in [0.3, 0.4) is 0 Å². The molecule has 1 heterocycles. The molecule has 2 rings (SSSR count). The van der Waals surface area contributed by atoms with Crippen LogP contribution < -0.4 is 5.32 Å². The van der Waals surface area contributed by atoms with E-state index in [1.165, 1.54) is 0 Å². The molecule has 1 aliphatic rings. The van der Waals surface area contributed by atoms with E-state index in [-0.39, 0.29) is 5.54 Å². The predicted molar refractivity (Wildman–Crippen MR) is 72.3 cm³/mol. The summed E-state index contributed by atoms with van der Waals surface area (Å²) in [6.45, 7) is 4.87. The van der Waals surface area contributed by atoms with E-state index in [1.807, 2.05) is 26.2 Å². The SMILES string of the molecule is CCNC1(C#N)CCC(Sc2ncc(C)cn2)C1. The quantitative estimate of drug-likeness (QED) is 0.844. The lowest BCUT2D eigenvalue weighted by Crippen LogP contribution is -2.41. The van der Waals surface area contributed by atoms with Gasteiger partial charge in [-0.25, -0.2) is 9.97 Å². The minimum atomic E-state index is -0.336. The molecule has 0 aliphatic heterocycles. The molecule has 0 bridgehead atoms. The van der Waals surface area contributed by atoms with Crippen LogP contribution >= 0.6 is 11.8 Å². The first-order valence-corrected chi connectivity index (χ1v) is 7.17. The number of hydrogen-bond acceptors (Lipinski definition) is 5. The maximum atomic E-state index is 9.31. The van der Waals surface area contributed by atoms with Crippen LogP contribution in [-0.2, 0) is 0 Å². The standard InChI is InChI=1S/C13H18N4S/c1-3-17-13(9-14)5-4-11(6-13)18-12-15-7-10(2)8-16-12/h7-8,11,17H,3-6H2,1-2H3. The Morgan fingerprint density at radius 3 is 2.89 bits per heavy atom. The van der Waals surface area contributed by atoms with Crippen molar-refractivity contribution in [1.82, 2.24) is 15.3 Å². The van der Waals surface area contributed by atoms with Crippen LogP contribution in [0.15, 0.2) is 17.6 Å². The summed E-state index contributed by atoms with van der Waals surface area (Å²) in [6.07, 6.45) is 6.51. The molecular formula is C13H18N4S. The molecule has 0 aromatic carbocycles. The molecule has 18 heavy (non-hydrogen) atoms. The molecular weight excluding hydrogens is 244 g/mol. The van der Waals surface area contributed by atoms with Crippen molar-refractivity contribution in [2.45, 2.75) is 49.1 Å². The number of aromatic nitrogens is 2. The molecule has 2 unspecified atom stereocenters. The van der Waals surface area contributed by atoms with Crippen LogP contribution in [0.25, 0.3) is 0 Å². The number of hydrogen-bond donors (Lipinski definition) is 1. The smallest absolute Gasteiger partial charge is 0.187 e. The van der Waals surface area contributed by atoms with Crippen LogP contribution in [0, 0.1) is 18.3 Å². The third-order valence-electron chi connectivity index (χ3n) is 3.23. The van der Waals surface area contributed by atoms with Crippen molar-refractivity contribution in [1.29, 1.82) is 5.26 Å². The second-order valence-corrected chi connectivity index (χ2v) is 6.02. The van der Waals surface area contributed by atoms with E-state index in [1.54, 1.807) is 11.8 Å². The molecule has 0 spiro atoms. The topological polar surface area (TPSA) is 61.6 Å². The summed E-state index contributed by atoms with van der Waals surface area (Å²) >= 11 is 1.69. The number of nitriles is 1. The minimum Gasteiger partial charge on any atom is -0.300 e. The molecule has 0 amide bonds. The highest BCUT2D eigenvalue weighted by Crippen LogP contribution is 2.38. The number of rotatable bonds is 4. The van der Waals surface area contributed by atoms with Gasteiger partial charge in [0.15, 0.2) is 5.16 Å². The van der Waals surface area contributed by atoms with E-state index in [4.69, 9.17) is 0 Å². The third-order valence-corrected chi connectivity index (χ3v) is 4.39. The molecule has 0 saturated heterocycles. The Labute approximate surface area is 112 Å². The van der Waals surface area contributed by atoms with Gasteiger partial charge in [0, 0.05) is 17.6 Å². The fraction of sp³-hybridized carbons (Fsp3) is 0.615. The van der Waals surface area contributed by atoms with Gasteiger partial charge in [-0.1, -0.05) is 18.7 Å². The van der Waals surface area contributed by atoms with E-state index in [9.17, 15) is 5.26 Å². The first-order valence-electron chi connectivity index (χ1n) is 6.29. The van der Waals surface area contributed by atoms with E-state index >= 15 is 0 Å². The summed E-state index contributed by atoms with van der Waals surface area (Å²) in [6, 6.07) is 2.44. The van der Waals surface area contributed by atoms with Gasteiger partial charge in [-0.15, -0.1) is 0 Å².